The van der Waals surface area contributed by atoms with Gasteiger partial charge in [-0.05, 0) is 66.7 Å². The highest BCUT2D eigenvalue weighted by atomic mass is 32.2. The number of benzene rings is 7. The summed E-state index contributed by atoms with van der Waals surface area (Å²) in [6, 6.07) is 18.5. The van der Waals surface area contributed by atoms with E-state index < -0.39 is 80.9 Å². The minimum atomic E-state index is -5.24. The molecule has 70 heavy (non-hydrogen) atoms. The monoisotopic (exact) mass is 994 g/mol. The Labute approximate surface area is 391 Å². The maximum atomic E-state index is 12.8. The normalized spacial score (nSPS) is 12.2. The summed E-state index contributed by atoms with van der Waals surface area (Å²) >= 11 is 0. The predicted molar refractivity (Wildman–Crippen MR) is 245 cm³/mol. The number of azo groups is 4. The number of phenols is 2. The summed E-state index contributed by atoms with van der Waals surface area (Å²) in [5.74, 6) is -4.46. The number of ether oxygens (including phenoxy) is 2. The van der Waals surface area contributed by atoms with E-state index in [1.807, 2.05) is 0 Å². The number of aromatic hydroxyl groups is 2. The van der Waals surface area contributed by atoms with Crippen molar-refractivity contribution in [3.8, 4) is 23.0 Å². The fourth-order valence-corrected chi connectivity index (χ4v) is 7.71. The first-order valence-electron chi connectivity index (χ1n) is 19.2. The van der Waals surface area contributed by atoms with E-state index in [1.165, 1.54) is 62.8 Å². The molecular weight excluding hydrogens is 965 g/mol. The average Bonchev–Trinajstić information content (AvgIpc) is 3.31. The van der Waals surface area contributed by atoms with E-state index in [1.54, 1.807) is 0 Å². The molecule has 0 bridgehead atoms. The van der Waals surface area contributed by atoms with Gasteiger partial charge < -0.3 is 35.6 Å². The third-order valence-corrected chi connectivity index (χ3v) is 11.6. The number of nitrogens with two attached hydrogens (primary N) is 1. The maximum Gasteiger partial charge on any atom is 0.339 e. The van der Waals surface area contributed by atoms with Gasteiger partial charge in [0.15, 0.2) is 5.75 Å². The second kappa shape index (κ2) is 19.1. The number of nitro benzene ring substituents is 1. The summed E-state index contributed by atoms with van der Waals surface area (Å²) in [6.45, 7) is 0. The molecule has 28 heteroatoms. The quantitative estimate of drug-likeness (QED) is 0.0165. The zero-order valence-electron chi connectivity index (χ0n) is 35.4. The van der Waals surface area contributed by atoms with E-state index >= 15 is 0 Å². The van der Waals surface area contributed by atoms with Crippen molar-refractivity contribution in [2.45, 2.75) is 9.79 Å². The summed E-state index contributed by atoms with van der Waals surface area (Å²) in [6.07, 6.45) is 0. The van der Waals surface area contributed by atoms with E-state index in [0.29, 0.717) is 0 Å². The number of carbonyl (C=O) groups is 2. The van der Waals surface area contributed by atoms with Crippen LogP contribution < -0.4 is 15.2 Å². The number of hydrogen-bond donors (Lipinski definition) is 7. The van der Waals surface area contributed by atoms with Crippen molar-refractivity contribution in [3.63, 3.8) is 0 Å². The van der Waals surface area contributed by atoms with Gasteiger partial charge >= 0.3 is 11.9 Å². The Morgan fingerprint density at radius 3 is 1.73 bits per heavy atom. The molecular formula is C42H30N10O16S2. The standard InChI is InChI=1S/C42H30N10O16S2/c1-67-35-18-33(49-51-39-37(70(64,65)66)16-25-23(40(39)54)7-8-28(43)38(25)50-47-31-9-4-20(52(59)60)14-26(31)41(55)56)36(68-2)17-32(35)48-46-30-11-10-29(22-6-5-21(15-24(22)30)69(61,62)63)45-44-19-3-12-34(53)27(13-19)42(57)58/h3-18,53-54H,43H2,1-2H3,(H,55,56)(H,57,58)(H,61,62,63)(H,64,65,66). The van der Waals surface area contributed by atoms with Gasteiger partial charge in [-0.25, -0.2) is 9.59 Å². The van der Waals surface area contributed by atoms with Crippen LogP contribution >= 0.6 is 0 Å². The molecule has 7 aromatic rings. The van der Waals surface area contributed by atoms with Gasteiger partial charge in [-0.2, -0.15) is 21.9 Å². The Balaban J connectivity index is 1.27. The van der Waals surface area contributed by atoms with E-state index in [4.69, 9.17) is 15.2 Å². The number of hydrogen-bond acceptors (Lipinski definition) is 21. The first-order chi connectivity index (χ1) is 33.1. The molecule has 0 aliphatic rings. The molecule has 0 saturated heterocycles. The first-order valence-corrected chi connectivity index (χ1v) is 22.1. The van der Waals surface area contributed by atoms with Gasteiger partial charge in [0.05, 0.1) is 52.4 Å². The van der Waals surface area contributed by atoms with Gasteiger partial charge in [0.25, 0.3) is 25.9 Å². The van der Waals surface area contributed by atoms with Gasteiger partial charge in [-0.15, -0.1) is 35.8 Å². The molecule has 0 aliphatic carbocycles. The van der Waals surface area contributed by atoms with Crippen LogP contribution in [0.2, 0.25) is 0 Å². The van der Waals surface area contributed by atoms with Crippen molar-refractivity contribution < 1.29 is 70.4 Å². The largest absolute Gasteiger partial charge is 0.507 e. The molecule has 8 N–H and O–H groups in total. The lowest BCUT2D eigenvalue weighted by atomic mass is 10.1. The number of methoxy groups -OCH3 is 2. The number of carboxylic acids is 2. The van der Waals surface area contributed by atoms with Crippen molar-refractivity contribution in [1.82, 2.24) is 0 Å². The molecule has 356 valence electrons. The molecule has 7 rings (SSSR count). The van der Waals surface area contributed by atoms with Crippen LogP contribution in [-0.2, 0) is 20.2 Å². The van der Waals surface area contributed by atoms with Crippen LogP contribution in [-0.4, -0.2) is 77.4 Å². The highest BCUT2D eigenvalue weighted by Gasteiger charge is 2.25. The number of non-ortho nitro benzene ring substituents is 1. The van der Waals surface area contributed by atoms with Crippen LogP contribution in [0.3, 0.4) is 0 Å². The molecule has 0 unspecified atom stereocenters. The molecule has 26 nitrogen and oxygen atoms in total. The number of aromatic carboxylic acids is 2. The second-order valence-corrected chi connectivity index (χ2v) is 17.0. The Bertz CT molecular complexity index is 3730. The third kappa shape index (κ3) is 9.98. The highest BCUT2D eigenvalue weighted by Crippen LogP contribution is 2.48. The second-order valence-electron chi connectivity index (χ2n) is 14.2. The smallest absolute Gasteiger partial charge is 0.339 e. The number of nitro groups is 1. The number of phenolic OH excluding ortho intramolecular Hbond substituents is 1. The molecule has 0 amide bonds. The van der Waals surface area contributed by atoms with Gasteiger partial charge in [-0.1, -0.05) is 6.07 Å². The average molecular weight is 995 g/mol. The lowest BCUT2D eigenvalue weighted by molar-refractivity contribution is -0.384. The van der Waals surface area contributed by atoms with Crippen LogP contribution in [0.15, 0.2) is 148 Å². The van der Waals surface area contributed by atoms with E-state index in [0.717, 1.165) is 48.5 Å². The number of anilines is 1. The molecule has 0 radical (unpaired) electrons. The Morgan fingerprint density at radius 1 is 0.571 bits per heavy atom. The topological polar surface area (TPSA) is 410 Å². The minimum absolute atomic E-state index is 0.0154. The number of rotatable bonds is 15. The molecule has 0 aromatic heterocycles. The number of fused-ring (bicyclic) bond motifs is 2. The minimum Gasteiger partial charge on any atom is -0.507 e. The van der Waals surface area contributed by atoms with Crippen molar-refractivity contribution in [2.24, 2.45) is 40.9 Å². The number of nitrogen functional groups attached to an aromatic ring is 1. The molecule has 0 aliphatic heterocycles. The fourth-order valence-electron chi connectivity index (χ4n) is 6.56. The van der Waals surface area contributed by atoms with E-state index in [-0.39, 0.29) is 78.5 Å². The third-order valence-electron chi connectivity index (χ3n) is 9.92. The van der Waals surface area contributed by atoms with Crippen molar-refractivity contribution in [1.29, 1.82) is 0 Å². The summed E-state index contributed by atoms with van der Waals surface area (Å²) in [4.78, 5) is 32.2. The van der Waals surface area contributed by atoms with Gasteiger partial charge in [0.1, 0.15) is 56.1 Å². The van der Waals surface area contributed by atoms with Crippen LogP contribution in [0.5, 0.6) is 23.0 Å². The lowest BCUT2D eigenvalue weighted by Crippen LogP contribution is -2.00. The highest BCUT2D eigenvalue weighted by molar-refractivity contribution is 7.86. The number of nitrogens with zero attached hydrogens (tertiary/aromatic N) is 9. The van der Waals surface area contributed by atoms with Crippen LogP contribution in [0.1, 0.15) is 20.7 Å². The van der Waals surface area contributed by atoms with Gasteiger partial charge in [0.2, 0.25) is 0 Å². The van der Waals surface area contributed by atoms with Crippen LogP contribution in [0, 0.1) is 10.1 Å². The summed E-state index contributed by atoms with van der Waals surface area (Å²) in [5, 5.41) is 84.0. The molecule has 0 atom stereocenters. The maximum absolute atomic E-state index is 12.8. The molecule has 0 fully saturated rings. The molecule has 0 spiro atoms. The zero-order valence-corrected chi connectivity index (χ0v) is 37.1. The van der Waals surface area contributed by atoms with Crippen molar-refractivity contribution >= 4 is 111 Å². The SMILES string of the molecule is COc1cc(N=Nc2ccc(N=Nc3ccc(O)c(C(=O)O)c3)c3ccc(S(=O)(=O)O)cc23)c(OC)cc1N=Nc1c(S(=O)(=O)O)cc2c(N=Nc3ccc([N+](=O)[O-])cc3C(=O)O)c(N)ccc2c1O. The predicted octanol–water partition coefficient (Wildman–Crippen LogP) is 10.5. The molecule has 7 aromatic carbocycles. The molecule has 0 heterocycles. The van der Waals surface area contributed by atoms with Gasteiger partial charge in [0, 0.05) is 45.8 Å². The summed E-state index contributed by atoms with van der Waals surface area (Å²) in [7, 11) is -7.49. The van der Waals surface area contributed by atoms with Crippen molar-refractivity contribution in [3.05, 3.63) is 118 Å². The zero-order chi connectivity index (χ0) is 50.8. The summed E-state index contributed by atoms with van der Waals surface area (Å²) in [5.41, 5.74) is 3.05. The van der Waals surface area contributed by atoms with Crippen LogP contribution in [0.4, 0.5) is 56.9 Å². The number of carboxylic acid groups (broad SMARTS) is 2. The Hall–Kier alpha value is -9.38. The van der Waals surface area contributed by atoms with E-state index in [9.17, 15) is 66.1 Å². The van der Waals surface area contributed by atoms with Crippen molar-refractivity contribution in [2.75, 3.05) is 20.0 Å². The summed E-state index contributed by atoms with van der Waals surface area (Å²) < 4.78 is 81.0. The van der Waals surface area contributed by atoms with E-state index in [2.05, 4.69) is 40.9 Å². The molecule has 0 saturated carbocycles. The first kappa shape index (κ1) is 48.6. The Morgan fingerprint density at radius 2 is 1.13 bits per heavy atom. The lowest BCUT2D eigenvalue weighted by Gasteiger charge is -2.12. The Kier molecular flexibility index (Phi) is 13.2. The van der Waals surface area contributed by atoms with Gasteiger partial charge in [-0.3, -0.25) is 19.2 Å². The van der Waals surface area contributed by atoms with Crippen LogP contribution in [0.25, 0.3) is 21.5 Å². The fraction of sp³-hybridized carbons (Fsp3) is 0.0476.